The molecule has 0 bridgehead atoms. The minimum Gasteiger partial charge on any atom is -0.382 e. The molecule has 1 N–H and O–H groups in total. The zero-order valence-corrected chi connectivity index (χ0v) is 21.1. The molecule has 0 radical (unpaired) electrons. The van der Waals surface area contributed by atoms with Gasteiger partial charge in [-0.3, -0.25) is 9.69 Å². The van der Waals surface area contributed by atoms with Gasteiger partial charge in [0, 0.05) is 75.9 Å². The summed E-state index contributed by atoms with van der Waals surface area (Å²) in [5.74, 6) is 0.247. The standard InChI is InChI=1S/C26H36N4O3S.CH4/c1-21-3-7-24(8-4-21)29-19-17-28(18-20-29)14-13-26(31)30-15-11-23(12-16-30)27-22-5-9-25(10-6-22)34(2,32)33;/h3-10,23,27H,11-20H2,1-2H3;1H4. The van der Waals surface area contributed by atoms with Crippen LogP contribution in [-0.2, 0) is 14.6 Å². The van der Waals surface area contributed by atoms with E-state index in [0.29, 0.717) is 17.4 Å². The van der Waals surface area contributed by atoms with Crippen molar-refractivity contribution in [2.75, 3.05) is 62.3 Å². The predicted molar refractivity (Wildman–Crippen MR) is 144 cm³/mol. The fourth-order valence-electron chi connectivity index (χ4n) is 4.70. The molecule has 0 aromatic heterocycles. The summed E-state index contributed by atoms with van der Waals surface area (Å²) in [6.45, 7) is 8.44. The van der Waals surface area contributed by atoms with Crippen LogP contribution >= 0.6 is 0 Å². The molecular weight excluding hydrogens is 460 g/mol. The Hall–Kier alpha value is -2.58. The molecule has 0 saturated carbocycles. The molecular formula is C27H40N4O3S. The van der Waals surface area contributed by atoms with Crippen LogP contribution in [0.4, 0.5) is 11.4 Å². The van der Waals surface area contributed by atoms with Gasteiger partial charge < -0.3 is 15.1 Å². The number of hydrogen-bond acceptors (Lipinski definition) is 6. The van der Waals surface area contributed by atoms with E-state index in [0.717, 1.165) is 64.3 Å². The molecule has 2 aromatic carbocycles. The van der Waals surface area contributed by atoms with Gasteiger partial charge in [0.2, 0.25) is 5.91 Å². The highest BCUT2D eigenvalue weighted by Crippen LogP contribution is 2.20. The summed E-state index contributed by atoms with van der Waals surface area (Å²) in [5.41, 5.74) is 3.48. The molecule has 2 saturated heterocycles. The number of nitrogens with one attached hydrogen (secondary N) is 1. The molecule has 0 spiro atoms. The number of piperidine rings is 1. The summed E-state index contributed by atoms with van der Waals surface area (Å²) in [6, 6.07) is 15.9. The van der Waals surface area contributed by atoms with Gasteiger partial charge in [-0.25, -0.2) is 8.42 Å². The Labute approximate surface area is 211 Å². The van der Waals surface area contributed by atoms with Gasteiger partial charge in [0.25, 0.3) is 0 Å². The zero-order chi connectivity index (χ0) is 24.1. The van der Waals surface area contributed by atoms with Crippen molar-refractivity contribution in [2.24, 2.45) is 0 Å². The van der Waals surface area contributed by atoms with Crippen molar-refractivity contribution in [3.05, 3.63) is 54.1 Å². The Bertz CT molecular complexity index is 1050. The summed E-state index contributed by atoms with van der Waals surface area (Å²) in [4.78, 5) is 19.9. The molecule has 2 aliphatic rings. The number of amides is 1. The molecule has 1 amide bonds. The van der Waals surface area contributed by atoms with E-state index in [2.05, 4.69) is 46.3 Å². The van der Waals surface area contributed by atoms with Gasteiger partial charge in [-0.2, -0.15) is 0 Å². The van der Waals surface area contributed by atoms with Crippen molar-refractivity contribution in [2.45, 2.75) is 44.6 Å². The van der Waals surface area contributed by atoms with Crippen LogP contribution in [0.5, 0.6) is 0 Å². The number of carbonyl (C=O) groups is 1. The molecule has 0 unspecified atom stereocenters. The highest BCUT2D eigenvalue weighted by Gasteiger charge is 2.24. The highest BCUT2D eigenvalue weighted by atomic mass is 32.2. The summed E-state index contributed by atoms with van der Waals surface area (Å²) >= 11 is 0. The number of nitrogens with zero attached hydrogens (tertiary/aromatic N) is 3. The fourth-order valence-corrected chi connectivity index (χ4v) is 5.33. The first kappa shape index (κ1) is 27.0. The van der Waals surface area contributed by atoms with Gasteiger partial charge in [-0.05, 0) is 56.2 Å². The number of anilines is 2. The summed E-state index contributed by atoms with van der Waals surface area (Å²) < 4.78 is 23.2. The Morgan fingerprint density at radius 3 is 2.09 bits per heavy atom. The first-order chi connectivity index (χ1) is 16.3. The minimum atomic E-state index is -3.18. The number of hydrogen-bond donors (Lipinski definition) is 1. The number of piperazine rings is 1. The lowest BCUT2D eigenvalue weighted by atomic mass is 10.0. The lowest BCUT2D eigenvalue weighted by Gasteiger charge is -2.37. The molecule has 192 valence electrons. The van der Waals surface area contributed by atoms with Crippen molar-refractivity contribution in [3.63, 3.8) is 0 Å². The maximum Gasteiger partial charge on any atom is 0.223 e. The van der Waals surface area contributed by atoms with E-state index < -0.39 is 9.84 Å². The Morgan fingerprint density at radius 1 is 0.914 bits per heavy atom. The predicted octanol–water partition coefficient (Wildman–Crippen LogP) is 3.65. The Morgan fingerprint density at radius 2 is 1.51 bits per heavy atom. The van der Waals surface area contributed by atoms with E-state index in [1.165, 1.54) is 17.5 Å². The van der Waals surface area contributed by atoms with Crippen LogP contribution in [-0.4, -0.2) is 82.2 Å². The van der Waals surface area contributed by atoms with Crippen LogP contribution < -0.4 is 10.2 Å². The minimum absolute atomic E-state index is 0. The zero-order valence-electron chi connectivity index (χ0n) is 20.2. The molecule has 2 aliphatic heterocycles. The van der Waals surface area contributed by atoms with E-state index in [1.807, 2.05) is 17.0 Å². The summed E-state index contributed by atoms with van der Waals surface area (Å²) in [7, 11) is -3.18. The fraction of sp³-hybridized carbons (Fsp3) is 0.519. The van der Waals surface area contributed by atoms with E-state index in [-0.39, 0.29) is 13.3 Å². The third kappa shape index (κ3) is 7.45. The summed E-state index contributed by atoms with van der Waals surface area (Å²) in [5, 5.41) is 3.48. The van der Waals surface area contributed by atoms with Crippen LogP contribution in [0.15, 0.2) is 53.4 Å². The summed E-state index contributed by atoms with van der Waals surface area (Å²) in [6.07, 6.45) is 3.59. The topological polar surface area (TPSA) is 73.0 Å². The smallest absolute Gasteiger partial charge is 0.223 e. The second-order valence-electron chi connectivity index (χ2n) is 9.51. The molecule has 0 atom stereocenters. The van der Waals surface area contributed by atoms with Crippen molar-refractivity contribution in [1.82, 2.24) is 9.80 Å². The SMILES string of the molecule is C.Cc1ccc(N2CCN(CCC(=O)N3CCC(Nc4ccc(S(C)(=O)=O)cc4)CC3)CC2)cc1. The second-order valence-corrected chi connectivity index (χ2v) is 11.5. The van der Waals surface area contributed by atoms with Crippen LogP contribution in [0, 0.1) is 6.92 Å². The van der Waals surface area contributed by atoms with E-state index >= 15 is 0 Å². The molecule has 0 aliphatic carbocycles. The van der Waals surface area contributed by atoms with E-state index in [1.54, 1.807) is 12.1 Å². The van der Waals surface area contributed by atoms with Gasteiger partial charge >= 0.3 is 0 Å². The molecule has 7 nitrogen and oxygen atoms in total. The van der Waals surface area contributed by atoms with Gasteiger partial charge in [0.15, 0.2) is 9.84 Å². The maximum absolute atomic E-state index is 12.8. The number of aryl methyl sites for hydroxylation is 1. The average molecular weight is 501 g/mol. The van der Waals surface area contributed by atoms with E-state index in [9.17, 15) is 13.2 Å². The number of carbonyl (C=O) groups excluding carboxylic acids is 1. The number of benzene rings is 2. The molecule has 2 heterocycles. The van der Waals surface area contributed by atoms with Gasteiger partial charge in [0.1, 0.15) is 0 Å². The largest absolute Gasteiger partial charge is 0.382 e. The maximum atomic E-state index is 12.8. The highest BCUT2D eigenvalue weighted by molar-refractivity contribution is 7.90. The monoisotopic (exact) mass is 500 g/mol. The third-order valence-corrected chi connectivity index (χ3v) is 8.04. The Balaban J connectivity index is 0.00000342. The van der Waals surface area contributed by atoms with Crippen LogP contribution in [0.25, 0.3) is 0 Å². The molecule has 8 heteroatoms. The van der Waals surface area contributed by atoms with Crippen molar-refractivity contribution < 1.29 is 13.2 Å². The molecule has 2 aromatic rings. The normalized spacial score (nSPS) is 17.7. The number of sulfone groups is 1. The Kier molecular flexibility index (Phi) is 9.19. The van der Waals surface area contributed by atoms with E-state index in [4.69, 9.17) is 0 Å². The lowest BCUT2D eigenvalue weighted by Crippen LogP contribution is -2.48. The van der Waals surface area contributed by atoms with Gasteiger partial charge in [-0.15, -0.1) is 0 Å². The third-order valence-electron chi connectivity index (χ3n) is 6.91. The van der Waals surface area contributed by atoms with Crippen molar-refractivity contribution in [1.29, 1.82) is 0 Å². The van der Waals surface area contributed by atoms with Crippen LogP contribution in [0.3, 0.4) is 0 Å². The lowest BCUT2D eigenvalue weighted by molar-refractivity contribution is -0.132. The first-order valence-electron chi connectivity index (χ1n) is 12.2. The van der Waals surface area contributed by atoms with Crippen LogP contribution in [0.2, 0.25) is 0 Å². The van der Waals surface area contributed by atoms with Crippen molar-refractivity contribution in [3.8, 4) is 0 Å². The van der Waals surface area contributed by atoms with Crippen molar-refractivity contribution >= 4 is 27.1 Å². The number of likely N-dealkylation sites (tertiary alicyclic amines) is 1. The molecule has 4 rings (SSSR count). The number of rotatable bonds is 7. The quantitative estimate of drug-likeness (QED) is 0.626. The van der Waals surface area contributed by atoms with Crippen LogP contribution in [0.1, 0.15) is 32.3 Å². The second kappa shape index (κ2) is 11.9. The molecule has 35 heavy (non-hydrogen) atoms. The average Bonchev–Trinajstić information content (AvgIpc) is 2.84. The first-order valence-corrected chi connectivity index (χ1v) is 14.1. The molecule has 2 fully saturated rings. The van der Waals surface area contributed by atoms with Gasteiger partial charge in [-0.1, -0.05) is 25.1 Å². The van der Waals surface area contributed by atoms with Gasteiger partial charge in [0.05, 0.1) is 4.90 Å².